The summed E-state index contributed by atoms with van der Waals surface area (Å²) in [7, 11) is 0. The summed E-state index contributed by atoms with van der Waals surface area (Å²) in [6.07, 6.45) is 3.62. The zero-order valence-corrected chi connectivity index (χ0v) is 10.7. The Morgan fingerprint density at radius 1 is 1.11 bits per heavy atom. The average Bonchev–Trinajstić information content (AvgIpc) is 3.31. The average molecular weight is 260 g/mol. The Hall–Kier alpha value is -1.35. The second-order valence-corrected chi connectivity index (χ2v) is 5.63. The maximum absolute atomic E-state index is 6.19. The van der Waals surface area contributed by atoms with Crippen molar-refractivity contribution in [1.29, 1.82) is 0 Å². The SMILES string of the molecule is Clc1nnc(C2CC2)n1C1CC1c1ccccc1. The first-order valence-corrected chi connectivity index (χ1v) is 6.87. The number of benzene rings is 1. The molecule has 2 fully saturated rings. The lowest BCUT2D eigenvalue weighted by molar-refractivity contribution is 0.666. The number of nitrogens with zero attached hydrogens (tertiary/aromatic N) is 3. The van der Waals surface area contributed by atoms with Crippen LogP contribution in [-0.2, 0) is 0 Å². The van der Waals surface area contributed by atoms with Crippen LogP contribution in [0.2, 0.25) is 5.28 Å². The molecule has 0 bridgehead atoms. The van der Waals surface area contributed by atoms with Crippen LogP contribution in [0.5, 0.6) is 0 Å². The van der Waals surface area contributed by atoms with Crippen LogP contribution >= 0.6 is 11.6 Å². The molecule has 1 aromatic carbocycles. The molecule has 0 radical (unpaired) electrons. The molecule has 2 aromatic rings. The summed E-state index contributed by atoms with van der Waals surface area (Å²) in [4.78, 5) is 0. The molecule has 2 aliphatic carbocycles. The fraction of sp³-hybridized carbons (Fsp3) is 0.429. The van der Waals surface area contributed by atoms with Crippen LogP contribution in [0.3, 0.4) is 0 Å². The predicted octanol–water partition coefficient (Wildman–Crippen LogP) is 3.54. The second-order valence-electron chi connectivity index (χ2n) is 5.29. The van der Waals surface area contributed by atoms with E-state index in [1.54, 1.807) is 0 Å². The van der Waals surface area contributed by atoms with Gasteiger partial charge in [0.1, 0.15) is 5.82 Å². The standard InChI is InChI=1S/C14H14ClN3/c15-14-17-16-13(10-6-7-10)18(14)12-8-11(12)9-4-2-1-3-5-9/h1-5,10-12H,6-8H2. The van der Waals surface area contributed by atoms with Crippen LogP contribution < -0.4 is 0 Å². The first-order chi connectivity index (χ1) is 8.84. The van der Waals surface area contributed by atoms with Gasteiger partial charge in [-0.1, -0.05) is 30.3 Å². The van der Waals surface area contributed by atoms with Crippen LogP contribution in [0, 0.1) is 0 Å². The lowest BCUT2D eigenvalue weighted by Gasteiger charge is -2.06. The minimum absolute atomic E-state index is 0.463. The quantitative estimate of drug-likeness (QED) is 0.844. The molecule has 2 saturated carbocycles. The molecular formula is C14H14ClN3. The number of rotatable bonds is 3. The fourth-order valence-corrected chi connectivity index (χ4v) is 2.99. The third-order valence-corrected chi connectivity index (χ3v) is 4.20. The molecule has 92 valence electrons. The van der Waals surface area contributed by atoms with Crippen molar-refractivity contribution in [2.45, 2.75) is 37.1 Å². The summed E-state index contributed by atoms with van der Waals surface area (Å²) < 4.78 is 2.16. The number of halogens is 1. The molecule has 4 rings (SSSR count). The topological polar surface area (TPSA) is 30.7 Å². The largest absolute Gasteiger partial charge is 0.298 e. The second kappa shape index (κ2) is 3.82. The maximum Gasteiger partial charge on any atom is 0.225 e. The molecule has 2 aliphatic rings. The van der Waals surface area contributed by atoms with E-state index < -0.39 is 0 Å². The minimum Gasteiger partial charge on any atom is -0.298 e. The molecule has 4 heteroatoms. The molecule has 0 amide bonds. The monoisotopic (exact) mass is 259 g/mol. The minimum atomic E-state index is 0.463. The van der Waals surface area contributed by atoms with Crippen molar-refractivity contribution in [3.63, 3.8) is 0 Å². The van der Waals surface area contributed by atoms with Gasteiger partial charge in [-0.25, -0.2) is 0 Å². The van der Waals surface area contributed by atoms with Crippen LogP contribution in [0.1, 0.15) is 48.5 Å². The first kappa shape index (κ1) is 10.6. The van der Waals surface area contributed by atoms with Crippen molar-refractivity contribution in [1.82, 2.24) is 14.8 Å². The molecule has 0 N–H and O–H groups in total. The maximum atomic E-state index is 6.19. The zero-order chi connectivity index (χ0) is 12.1. The Balaban J connectivity index is 1.64. The third kappa shape index (κ3) is 1.65. The van der Waals surface area contributed by atoms with E-state index in [2.05, 4.69) is 45.1 Å². The van der Waals surface area contributed by atoms with E-state index in [9.17, 15) is 0 Å². The molecular weight excluding hydrogens is 246 g/mol. The highest BCUT2D eigenvalue weighted by atomic mass is 35.5. The van der Waals surface area contributed by atoms with Gasteiger partial charge in [0.2, 0.25) is 5.28 Å². The molecule has 0 aliphatic heterocycles. The van der Waals surface area contributed by atoms with E-state index in [1.165, 1.54) is 18.4 Å². The zero-order valence-electron chi connectivity index (χ0n) is 9.96. The van der Waals surface area contributed by atoms with Crippen LogP contribution in [0.15, 0.2) is 30.3 Å². The summed E-state index contributed by atoms with van der Waals surface area (Å²) in [5, 5.41) is 8.85. The Labute approximate surface area is 111 Å². The van der Waals surface area contributed by atoms with E-state index in [0.717, 1.165) is 12.2 Å². The molecule has 3 nitrogen and oxygen atoms in total. The van der Waals surface area contributed by atoms with Crippen LogP contribution in [0.4, 0.5) is 0 Å². The number of aromatic nitrogens is 3. The molecule has 2 unspecified atom stereocenters. The molecule has 18 heavy (non-hydrogen) atoms. The normalized spacial score (nSPS) is 26.3. The van der Waals surface area contributed by atoms with Gasteiger partial charge in [0.25, 0.3) is 0 Å². The lowest BCUT2D eigenvalue weighted by Crippen LogP contribution is -2.02. The van der Waals surface area contributed by atoms with Gasteiger partial charge in [-0.15, -0.1) is 10.2 Å². The Morgan fingerprint density at radius 3 is 2.61 bits per heavy atom. The summed E-state index contributed by atoms with van der Waals surface area (Å²) in [5.41, 5.74) is 1.40. The highest BCUT2D eigenvalue weighted by Gasteiger charge is 2.44. The van der Waals surface area contributed by atoms with Gasteiger partial charge in [0.15, 0.2) is 0 Å². The fourth-order valence-electron chi connectivity index (χ4n) is 2.74. The van der Waals surface area contributed by atoms with E-state index in [-0.39, 0.29) is 0 Å². The highest BCUT2D eigenvalue weighted by molar-refractivity contribution is 6.28. The van der Waals surface area contributed by atoms with Gasteiger partial charge in [-0.3, -0.25) is 4.57 Å². The van der Waals surface area contributed by atoms with Gasteiger partial charge in [0.05, 0.1) is 0 Å². The Kier molecular flexibility index (Phi) is 2.24. The van der Waals surface area contributed by atoms with Gasteiger partial charge in [0, 0.05) is 17.9 Å². The molecule has 0 spiro atoms. The molecule has 1 heterocycles. The van der Waals surface area contributed by atoms with Gasteiger partial charge in [-0.2, -0.15) is 0 Å². The Morgan fingerprint density at radius 2 is 1.89 bits per heavy atom. The Bertz CT molecular complexity index is 574. The van der Waals surface area contributed by atoms with Crippen molar-refractivity contribution in [2.24, 2.45) is 0 Å². The molecule has 2 atom stereocenters. The summed E-state index contributed by atoms with van der Waals surface area (Å²) in [6.45, 7) is 0. The van der Waals surface area contributed by atoms with Crippen molar-refractivity contribution in [2.75, 3.05) is 0 Å². The van der Waals surface area contributed by atoms with Crippen molar-refractivity contribution >= 4 is 11.6 Å². The van der Waals surface area contributed by atoms with Gasteiger partial charge >= 0.3 is 0 Å². The van der Waals surface area contributed by atoms with Crippen molar-refractivity contribution in [3.05, 3.63) is 47.0 Å². The van der Waals surface area contributed by atoms with Gasteiger partial charge < -0.3 is 0 Å². The van der Waals surface area contributed by atoms with E-state index >= 15 is 0 Å². The summed E-state index contributed by atoms with van der Waals surface area (Å²) in [5.74, 6) is 2.28. The van der Waals surface area contributed by atoms with E-state index in [1.807, 2.05) is 0 Å². The van der Waals surface area contributed by atoms with Crippen molar-refractivity contribution in [3.8, 4) is 0 Å². The van der Waals surface area contributed by atoms with E-state index in [4.69, 9.17) is 11.6 Å². The van der Waals surface area contributed by atoms with Crippen LogP contribution in [-0.4, -0.2) is 14.8 Å². The van der Waals surface area contributed by atoms with Crippen molar-refractivity contribution < 1.29 is 0 Å². The smallest absolute Gasteiger partial charge is 0.225 e. The first-order valence-electron chi connectivity index (χ1n) is 6.50. The predicted molar refractivity (Wildman–Crippen MR) is 69.8 cm³/mol. The van der Waals surface area contributed by atoms with E-state index in [0.29, 0.717) is 23.2 Å². The number of hydrogen-bond donors (Lipinski definition) is 0. The summed E-state index contributed by atoms with van der Waals surface area (Å²) in [6, 6.07) is 11.1. The number of hydrogen-bond acceptors (Lipinski definition) is 2. The van der Waals surface area contributed by atoms with Gasteiger partial charge in [-0.05, 0) is 36.4 Å². The molecule has 0 saturated heterocycles. The van der Waals surface area contributed by atoms with Crippen LogP contribution in [0.25, 0.3) is 0 Å². The lowest BCUT2D eigenvalue weighted by atomic mass is 10.1. The third-order valence-electron chi connectivity index (χ3n) is 3.94. The summed E-state index contributed by atoms with van der Waals surface area (Å²) >= 11 is 6.19. The molecule has 1 aromatic heterocycles. The highest BCUT2D eigenvalue weighted by Crippen LogP contribution is 2.54.